The molecule has 0 bridgehead atoms. The summed E-state index contributed by atoms with van der Waals surface area (Å²) in [4.78, 5) is 4.57. The summed E-state index contributed by atoms with van der Waals surface area (Å²) in [6.07, 6.45) is 2.91. The molecule has 0 aliphatic carbocycles. The number of fused-ring (bicyclic) bond motifs is 1. The molecule has 80 valence electrons. The summed E-state index contributed by atoms with van der Waals surface area (Å²) in [5.74, 6) is 1.05. The van der Waals surface area contributed by atoms with Crippen LogP contribution in [0.1, 0.15) is 18.4 Å². The predicted molar refractivity (Wildman–Crippen MR) is 62.3 cm³/mol. The van der Waals surface area contributed by atoms with Gasteiger partial charge in [-0.05, 0) is 19.2 Å². The van der Waals surface area contributed by atoms with Crippen LogP contribution in [0.15, 0.2) is 18.3 Å². The fraction of sp³-hybridized carbons (Fsp3) is 0.364. The highest BCUT2D eigenvalue weighted by molar-refractivity contribution is 6.34. The van der Waals surface area contributed by atoms with E-state index in [0.29, 0.717) is 0 Å². The second-order valence-corrected chi connectivity index (χ2v) is 3.84. The molecule has 0 spiro atoms. The third-order valence-corrected chi connectivity index (χ3v) is 2.73. The molecule has 2 aromatic heterocycles. The molecule has 0 fully saturated rings. The van der Waals surface area contributed by atoms with E-state index in [0.717, 1.165) is 35.0 Å². The fourth-order valence-corrected chi connectivity index (χ4v) is 2.05. The summed E-state index contributed by atoms with van der Waals surface area (Å²) in [6, 6.07) is 3.84. The van der Waals surface area contributed by atoms with Crippen LogP contribution in [-0.4, -0.2) is 16.4 Å². The van der Waals surface area contributed by atoms with Crippen LogP contribution >= 0.6 is 11.6 Å². The number of hydrogen-bond donors (Lipinski definition) is 1. The highest BCUT2D eigenvalue weighted by Crippen LogP contribution is 2.22. The Morgan fingerprint density at radius 1 is 1.53 bits per heavy atom. The van der Waals surface area contributed by atoms with Crippen molar-refractivity contribution in [2.45, 2.75) is 19.9 Å². The zero-order valence-corrected chi connectivity index (χ0v) is 9.67. The van der Waals surface area contributed by atoms with E-state index in [1.54, 1.807) is 0 Å². The van der Waals surface area contributed by atoms with Gasteiger partial charge in [-0.15, -0.1) is 0 Å². The van der Waals surface area contributed by atoms with Gasteiger partial charge in [0.1, 0.15) is 5.82 Å². The van der Waals surface area contributed by atoms with E-state index in [-0.39, 0.29) is 0 Å². The summed E-state index contributed by atoms with van der Waals surface area (Å²) in [7, 11) is 1.91. The van der Waals surface area contributed by atoms with Crippen molar-refractivity contribution in [2.75, 3.05) is 7.05 Å². The van der Waals surface area contributed by atoms with Crippen LogP contribution in [0.5, 0.6) is 0 Å². The molecule has 0 unspecified atom stereocenters. The van der Waals surface area contributed by atoms with Gasteiger partial charge in [0.2, 0.25) is 0 Å². The summed E-state index contributed by atoms with van der Waals surface area (Å²) in [6.45, 7) is 2.84. The minimum absolute atomic E-state index is 0.743. The van der Waals surface area contributed by atoms with Crippen molar-refractivity contribution in [1.29, 1.82) is 0 Å². The van der Waals surface area contributed by atoms with Crippen molar-refractivity contribution in [1.82, 2.24) is 14.7 Å². The van der Waals surface area contributed by atoms with Crippen LogP contribution in [0.4, 0.5) is 0 Å². The van der Waals surface area contributed by atoms with Crippen LogP contribution in [0.3, 0.4) is 0 Å². The molecule has 0 aliphatic heterocycles. The summed E-state index contributed by atoms with van der Waals surface area (Å²) < 4.78 is 2.06. The molecule has 0 saturated carbocycles. The van der Waals surface area contributed by atoms with Crippen molar-refractivity contribution in [3.63, 3.8) is 0 Å². The topological polar surface area (TPSA) is 29.3 Å². The first-order valence-corrected chi connectivity index (χ1v) is 5.44. The summed E-state index contributed by atoms with van der Waals surface area (Å²) in [5, 5.41) is 3.87. The maximum absolute atomic E-state index is 6.18. The lowest BCUT2D eigenvalue weighted by Crippen LogP contribution is -2.05. The number of pyridine rings is 1. The Labute approximate surface area is 94.1 Å². The van der Waals surface area contributed by atoms with Crippen LogP contribution in [-0.2, 0) is 13.0 Å². The van der Waals surface area contributed by atoms with Gasteiger partial charge in [0, 0.05) is 19.2 Å². The number of nitrogens with one attached hydrogen (secondary N) is 1. The minimum Gasteiger partial charge on any atom is -0.314 e. The first-order valence-electron chi connectivity index (χ1n) is 5.06. The predicted octanol–water partition coefficient (Wildman–Crippen LogP) is 2.27. The lowest BCUT2D eigenvalue weighted by molar-refractivity contribution is 0.796. The van der Waals surface area contributed by atoms with E-state index in [2.05, 4.69) is 21.6 Å². The first kappa shape index (κ1) is 10.5. The molecule has 0 saturated heterocycles. The van der Waals surface area contributed by atoms with Crippen molar-refractivity contribution in [3.8, 4) is 0 Å². The van der Waals surface area contributed by atoms with Gasteiger partial charge >= 0.3 is 0 Å². The van der Waals surface area contributed by atoms with Gasteiger partial charge < -0.3 is 9.72 Å². The highest BCUT2D eigenvalue weighted by atomic mass is 35.5. The molecule has 2 heterocycles. The maximum Gasteiger partial charge on any atom is 0.113 e. The van der Waals surface area contributed by atoms with Crippen molar-refractivity contribution < 1.29 is 0 Å². The number of rotatable bonds is 3. The van der Waals surface area contributed by atoms with Crippen LogP contribution < -0.4 is 5.32 Å². The number of imidazole rings is 1. The lowest BCUT2D eigenvalue weighted by atomic mass is 10.3. The van der Waals surface area contributed by atoms with Gasteiger partial charge in [-0.2, -0.15) is 0 Å². The van der Waals surface area contributed by atoms with E-state index < -0.39 is 0 Å². The van der Waals surface area contributed by atoms with Crippen molar-refractivity contribution >= 4 is 17.1 Å². The fourth-order valence-electron chi connectivity index (χ4n) is 1.78. The second-order valence-electron chi connectivity index (χ2n) is 3.43. The number of halogens is 1. The third kappa shape index (κ3) is 1.73. The normalized spacial score (nSPS) is 11.1. The third-order valence-electron chi connectivity index (χ3n) is 2.42. The molecule has 2 aromatic rings. The minimum atomic E-state index is 0.743. The number of hydrogen-bond acceptors (Lipinski definition) is 2. The largest absolute Gasteiger partial charge is 0.314 e. The molecule has 0 aliphatic rings. The van der Waals surface area contributed by atoms with Crippen molar-refractivity contribution in [2.24, 2.45) is 0 Å². The molecular formula is C11H14ClN3. The summed E-state index contributed by atoms with van der Waals surface area (Å²) in [5.41, 5.74) is 2.03. The Bertz CT molecular complexity index is 476. The zero-order valence-electron chi connectivity index (χ0n) is 8.92. The van der Waals surface area contributed by atoms with Crippen molar-refractivity contribution in [3.05, 3.63) is 34.9 Å². The second kappa shape index (κ2) is 4.21. The van der Waals surface area contributed by atoms with E-state index in [1.165, 1.54) is 0 Å². The highest BCUT2D eigenvalue weighted by Gasteiger charge is 2.11. The van der Waals surface area contributed by atoms with E-state index in [1.807, 2.05) is 25.4 Å². The summed E-state index contributed by atoms with van der Waals surface area (Å²) >= 11 is 6.18. The van der Waals surface area contributed by atoms with Gasteiger partial charge in [-0.25, -0.2) is 4.98 Å². The standard InChI is InChI=1S/C11H14ClN3/c1-3-10-14-9(7-13-2)11-8(12)5-4-6-15(10)11/h4-6,13H,3,7H2,1-2H3. The Balaban J connectivity index is 2.70. The number of aromatic nitrogens is 2. The molecule has 4 heteroatoms. The number of aryl methyl sites for hydroxylation is 1. The Hall–Kier alpha value is -1.06. The zero-order chi connectivity index (χ0) is 10.8. The van der Waals surface area contributed by atoms with E-state index >= 15 is 0 Å². The quantitative estimate of drug-likeness (QED) is 0.865. The molecule has 0 amide bonds. The van der Waals surface area contributed by atoms with Gasteiger partial charge in [-0.1, -0.05) is 18.5 Å². The molecule has 3 nitrogen and oxygen atoms in total. The van der Waals surface area contributed by atoms with Gasteiger partial charge in [0.25, 0.3) is 0 Å². The monoisotopic (exact) mass is 223 g/mol. The maximum atomic E-state index is 6.18. The average molecular weight is 224 g/mol. The molecule has 1 N–H and O–H groups in total. The Morgan fingerprint density at radius 2 is 2.33 bits per heavy atom. The van der Waals surface area contributed by atoms with Crippen LogP contribution in [0.2, 0.25) is 5.02 Å². The lowest BCUT2D eigenvalue weighted by Gasteiger charge is -2.00. The van der Waals surface area contributed by atoms with Gasteiger partial charge in [0.15, 0.2) is 0 Å². The van der Waals surface area contributed by atoms with Gasteiger partial charge in [-0.3, -0.25) is 0 Å². The van der Waals surface area contributed by atoms with E-state index in [9.17, 15) is 0 Å². The Morgan fingerprint density at radius 3 is 3.00 bits per heavy atom. The molecule has 15 heavy (non-hydrogen) atoms. The van der Waals surface area contributed by atoms with Crippen LogP contribution in [0, 0.1) is 0 Å². The van der Waals surface area contributed by atoms with E-state index in [4.69, 9.17) is 11.6 Å². The molecule has 2 rings (SSSR count). The smallest absolute Gasteiger partial charge is 0.113 e. The molecular weight excluding hydrogens is 210 g/mol. The molecule has 0 aromatic carbocycles. The van der Waals surface area contributed by atoms with Gasteiger partial charge in [0.05, 0.1) is 16.2 Å². The molecule has 0 radical (unpaired) electrons. The Kier molecular flexibility index (Phi) is 2.93. The first-order chi connectivity index (χ1) is 7.27. The average Bonchev–Trinajstić information content (AvgIpc) is 2.59. The molecule has 0 atom stereocenters. The van der Waals surface area contributed by atoms with Crippen LogP contribution in [0.25, 0.3) is 5.52 Å². The number of nitrogens with zero attached hydrogens (tertiary/aromatic N) is 2. The SMILES string of the molecule is CCc1nc(CNC)c2c(Cl)cccn12.